The van der Waals surface area contributed by atoms with Crippen molar-refractivity contribution in [2.45, 2.75) is 50.6 Å². The number of fused-ring (bicyclic) bond motifs is 1. The van der Waals surface area contributed by atoms with Crippen LogP contribution in [0.1, 0.15) is 36.0 Å². The van der Waals surface area contributed by atoms with Crippen LogP contribution in [0.5, 0.6) is 0 Å². The molecule has 45 heavy (non-hydrogen) atoms. The van der Waals surface area contributed by atoms with Gasteiger partial charge in [-0.05, 0) is 54.9 Å². The number of cyclic esters (lactones) is 1. The Morgan fingerprint density at radius 1 is 0.867 bits per heavy atom. The first-order chi connectivity index (χ1) is 22.0. The number of nitrogens with one attached hydrogen (secondary N) is 3. The number of benzene rings is 3. The fourth-order valence-electron chi connectivity index (χ4n) is 5.87. The molecule has 0 spiro atoms. The van der Waals surface area contributed by atoms with Crippen molar-refractivity contribution < 1.29 is 24.2 Å². The van der Waals surface area contributed by atoms with Gasteiger partial charge in [0, 0.05) is 23.5 Å². The third-order valence-electron chi connectivity index (χ3n) is 8.29. The number of rotatable bonds is 10. The summed E-state index contributed by atoms with van der Waals surface area (Å²) in [5.74, 6) is -1.89. The van der Waals surface area contributed by atoms with E-state index in [1.807, 2.05) is 103 Å². The summed E-state index contributed by atoms with van der Waals surface area (Å²) in [6.07, 6.45) is 7.96. The fraction of sp³-hybridized carbons (Fsp3) is 0.324. The van der Waals surface area contributed by atoms with Gasteiger partial charge in [-0.15, -0.1) is 0 Å². The number of esters is 1. The average molecular weight is 608 g/mol. The van der Waals surface area contributed by atoms with Crippen molar-refractivity contribution in [3.63, 3.8) is 0 Å². The predicted molar refractivity (Wildman–Crippen MR) is 174 cm³/mol. The number of amides is 2. The van der Waals surface area contributed by atoms with Gasteiger partial charge in [-0.1, -0.05) is 91.0 Å². The molecule has 4 N–H and O–H groups in total. The predicted octanol–water partition coefficient (Wildman–Crippen LogP) is 4.67. The first-order valence-electron chi connectivity index (χ1n) is 15.6. The van der Waals surface area contributed by atoms with Gasteiger partial charge in [0.05, 0.1) is 30.5 Å². The highest BCUT2D eigenvalue weighted by atomic mass is 16.5. The third-order valence-corrected chi connectivity index (χ3v) is 8.29. The van der Waals surface area contributed by atoms with Crippen LogP contribution >= 0.6 is 0 Å². The Balaban J connectivity index is 1.33. The lowest BCUT2D eigenvalue weighted by Gasteiger charge is -2.25. The maximum absolute atomic E-state index is 13.7. The Morgan fingerprint density at radius 2 is 1.53 bits per heavy atom. The van der Waals surface area contributed by atoms with E-state index in [4.69, 9.17) is 4.74 Å². The molecule has 0 aliphatic carbocycles. The van der Waals surface area contributed by atoms with E-state index in [0.717, 1.165) is 27.6 Å². The Kier molecular flexibility index (Phi) is 11.2. The summed E-state index contributed by atoms with van der Waals surface area (Å²) in [7, 11) is 0. The summed E-state index contributed by atoms with van der Waals surface area (Å²) in [5.41, 5.74) is 4.04. The number of aromatic nitrogens is 1. The summed E-state index contributed by atoms with van der Waals surface area (Å²) in [6, 6.07) is 26.5. The zero-order valence-electron chi connectivity index (χ0n) is 25.4. The van der Waals surface area contributed by atoms with Crippen LogP contribution in [-0.2, 0) is 38.4 Å². The Hall–Kier alpha value is -4.69. The van der Waals surface area contributed by atoms with Crippen LogP contribution in [-0.4, -0.2) is 53.2 Å². The first kappa shape index (κ1) is 31.7. The van der Waals surface area contributed by atoms with Crippen LogP contribution in [0.3, 0.4) is 0 Å². The smallest absolute Gasteiger partial charge is 0.309 e. The SMILES string of the molecule is O=C(CC1CC=CCC(Cc2ccccc2)C(=O)OCC(Cc2c[nH]c3ccccc23)NC1=O)NC(CO)Cc1ccccc1. The third kappa shape index (κ3) is 9.16. The molecule has 0 saturated carbocycles. The van der Waals surface area contributed by atoms with Crippen LogP contribution in [0.4, 0.5) is 0 Å². The van der Waals surface area contributed by atoms with Crippen molar-refractivity contribution in [3.8, 4) is 0 Å². The van der Waals surface area contributed by atoms with Crippen LogP contribution in [0.25, 0.3) is 10.9 Å². The van der Waals surface area contributed by atoms with Gasteiger partial charge < -0.3 is 25.5 Å². The largest absolute Gasteiger partial charge is 0.463 e. The van der Waals surface area contributed by atoms with Crippen molar-refractivity contribution in [2.24, 2.45) is 11.8 Å². The minimum absolute atomic E-state index is 0.0155. The minimum Gasteiger partial charge on any atom is -0.463 e. The highest BCUT2D eigenvalue weighted by molar-refractivity contribution is 5.87. The highest BCUT2D eigenvalue weighted by Gasteiger charge is 2.28. The molecule has 1 aliphatic rings. The molecule has 5 rings (SSSR count). The van der Waals surface area contributed by atoms with E-state index >= 15 is 0 Å². The van der Waals surface area contributed by atoms with Crippen LogP contribution in [0.15, 0.2) is 103 Å². The van der Waals surface area contributed by atoms with Gasteiger partial charge in [0.1, 0.15) is 6.61 Å². The fourth-order valence-corrected chi connectivity index (χ4v) is 5.87. The van der Waals surface area contributed by atoms with Gasteiger partial charge in [-0.25, -0.2) is 0 Å². The van der Waals surface area contributed by atoms with Gasteiger partial charge >= 0.3 is 5.97 Å². The summed E-state index contributed by atoms with van der Waals surface area (Å²) < 4.78 is 5.86. The number of carbonyl (C=O) groups is 3. The second-order valence-corrected chi connectivity index (χ2v) is 11.8. The van der Waals surface area contributed by atoms with Crippen molar-refractivity contribution in [2.75, 3.05) is 13.2 Å². The standard InChI is InChI=1S/C37H41N3O5/c41-24-31(20-27-13-5-2-6-14-27)39-35(42)22-28-15-7-8-16-29(19-26-11-3-1-4-12-26)37(44)45-25-32(40-36(28)43)21-30-23-38-34-18-10-9-17-33(30)34/h1-14,17-18,23,28-29,31-32,38,41H,15-16,19-22,24-25H2,(H,39,42)(H,40,43). The van der Waals surface area contributed by atoms with Gasteiger partial charge in [0.2, 0.25) is 11.8 Å². The average Bonchev–Trinajstić information content (AvgIpc) is 3.47. The lowest BCUT2D eigenvalue weighted by molar-refractivity contribution is -0.150. The lowest BCUT2D eigenvalue weighted by Crippen LogP contribution is -2.46. The molecule has 0 radical (unpaired) electrons. The first-order valence-corrected chi connectivity index (χ1v) is 15.6. The van der Waals surface area contributed by atoms with Crippen LogP contribution in [0.2, 0.25) is 0 Å². The molecule has 4 unspecified atom stereocenters. The topological polar surface area (TPSA) is 121 Å². The number of aliphatic hydroxyl groups is 1. The molecule has 8 heteroatoms. The quantitative estimate of drug-likeness (QED) is 0.154. The van der Waals surface area contributed by atoms with E-state index < -0.39 is 18.0 Å². The molecule has 1 aromatic heterocycles. The van der Waals surface area contributed by atoms with Gasteiger partial charge in [-0.3, -0.25) is 14.4 Å². The van der Waals surface area contributed by atoms with Gasteiger partial charge in [0.25, 0.3) is 0 Å². The Labute approximate surface area is 263 Å². The second kappa shape index (κ2) is 15.9. The molecular weight excluding hydrogens is 566 g/mol. The van der Waals surface area contributed by atoms with Crippen molar-refractivity contribution >= 4 is 28.7 Å². The number of aliphatic hydroxyl groups excluding tert-OH is 1. The van der Waals surface area contributed by atoms with Crippen molar-refractivity contribution in [1.82, 2.24) is 15.6 Å². The van der Waals surface area contributed by atoms with Gasteiger partial charge in [0.15, 0.2) is 0 Å². The monoisotopic (exact) mass is 607 g/mol. The number of allylic oxidation sites excluding steroid dienone is 2. The normalized spacial score (nSPS) is 20.0. The molecule has 1 aliphatic heterocycles. The summed E-state index contributed by atoms with van der Waals surface area (Å²) in [5, 5.41) is 17.0. The Bertz CT molecular complexity index is 1580. The molecule has 0 bridgehead atoms. The number of aromatic amines is 1. The molecule has 4 atom stereocenters. The van der Waals surface area contributed by atoms with E-state index in [1.165, 1.54) is 0 Å². The summed E-state index contributed by atoms with van der Waals surface area (Å²) >= 11 is 0. The molecule has 234 valence electrons. The number of ether oxygens (including phenoxy) is 1. The number of carbonyl (C=O) groups excluding carboxylic acids is 3. The maximum atomic E-state index is 13.7. The second-order valence-electron chi connectivity index (χ2n) is 11.8. The molecule has 4 aromatic rings. The van der Waals surface area contributed by atoms with E-state index in [1.54, 1.807) is 0 Å². The van der Waals surface area contributed by atoms with Crippen LogP contribution < -0.4 is 10.6 Å². The molecule has 8 nitrogen and oxygen atoms in total. The maximum Gasteiger partial charge on any atom is 0.309 e. The highest BCUT2D eigenvalue weighted by Crippen LogP contribution is 2.22. The number of para-hydroxylation sites is 1. The number of H-pyrrole nitrogens is 1. The van der Waals surface area contributed by atoms with Crippen molar-refractivity contribution in [1.29, 1.82) is 0 Å². The van der Waals surface area contributed by atoms with Gasteiger partial charge in [-0.2, -0.15) is 0 Å². The molecular formula is C37H41N3O5. The van der Waals surface area contributed by atoms with E-state index in [9.17, 15) is 19.5 Å². The number of hydrogen-bond acceptors (Lipinski definition) is 5. The van der Waals surface area contributed by atoms with Crippen LogP contribution in [0, 0.1) is 11.8 Å². The molecule has 3 aromatic carbocycles. The number of hydrogen-bond donors (Lipinski definition) is 4. The Morgan fingerprint density at radius 3 is 2.27 bits per heavy atom. The van der Waals surface area contributed by atoms with E-state index in [0.29, 0.717) is 32.1 Å². The summed E-state index contributed by atoms with van der Waals surface area (Å²) in [6.45, 7) is -0.195. The molecule has 0 fully saturated rings. The minimum atomic E-state index is -0.634. The molecule has 2 amide bonds. The molecule has 2 heterocycles. The zero-order valence-corrected chi connectivity index (χ0v) is 25.4. The lowest BCUT2D eigenvalue weighted by atomic mass is 9.94. The zero-order chi connectivity index (χ0) is 31.4. The summed E-state index contributed by atoms with van der Waals surface area (Å²) in [4.78, 5) is 43.4. The molecule has 0 saturated heterocycles. The van der Waals surface area contributed by atoms with E-state index in [2.05, 4.69) is 15.6 Å². The van der Waals surface area contributed by atoms with Crippen molar-refractivity contribution in [3.05, 3.63) is 120 Å². The van der Waals surface area contributed by atoms with E-state index in [-0.39, 0.29) is 43.3 Å².